The van der Waals surface area contributed by atoms with Crippen LogP contribution in [0.2, 0.25) is 0 Å². The van der Waals surface area contributed by atoms with Crippen LogP contribution in [0, 0.1) is 5.92 Å². The number of ketones is 1. The van der Waals surface area contributed by atoms with Crippen LogP contribution in [-0.4, -0.2) is 34.5 Å². The van der Waals surface area contributed by atoms with E-state index < -0.39 is 5.60 Å². The van der Waals surface area contributed by atoms with Crippen LogP contribution >= 0.6 is 0 Å². The van der Waals surface area contributed by atoms with E-state index in [-0.39, 0.29) is 29.5 Å². The van der Waals surface area contributed by atoms with Gasteiger partial charge < -0.3 is 9.64 Å². The van der Waals surface area contributed by atoms with Crippen molar-refractivity contribution in [3.8, 4) is 0 Å². The number of hydrogen-bond donors (Lipinski definition) is 0. The van der Waals surface area contributed by atoms with Gasteiger partial charge in [-0.3, -0.25) is 4.79 Å². The second kappa shape index (κ2) is 7.53. The summed E-state index contributed by atoms with van der Waals surface area (Å²) in [6.07, 6.45) is 3.77. The van der Waals surface area contributed by atoms with Crippen LogP contribution in [0.4, 0.5) is 4.79 Å². The smallest absolute Gasteiger partial charge is 0.410 e. The van der Waals surface area contributed by atoms with E-state index in [1.54, 1.807) is 0 Å². The van der Waals surface area contributed by atoms with Crippen molar-refractivity contribution in [2.24, 2.45) is 5.92 Å². The predicted molar refractivity (Wildman–Crippen MR) is 111 cm³/mol. The van der Waals surface area contributed by atoms with E-state index in [1.165, 1.54) is 5.56 Å². The number of fused-ring (bicyclic) bond motifs is 2. The van der Waals surface area contributed by atoms with Gasteiger partial charge >= 0.3 is 6.09 Å². The number of amides is 1. The molecule has 2 fully saturated rings. The molecule has 0 N–H and O–H groups in total. The van der Waals surface area contributed by atoms with Gasteiger partial charge in [-0.05, 0) is 63.0 Å². The lowest BCUT2D eigenvalue weighted by atomic mass is 9.84. The van der Waals surface area contributed by atoms with Gasteiger partial charge in [0.1, 0.15) is 11.4 Å². The Bertz CT molecular complexity index is 710. The number of hydrogen-bond acceptors (Lipinski definition) is 3. The number of benzene rings is 1. The molecule has 1 amide bonds. The van der Waals surface area contributed by atoms with Gasteiger partial charge in [0, 0.05) is 24.4 Å². The fourth-order valence-corrected chi connectivity index (χ4v) is 4.52. The molecule has 0 saturated carbocycles. The standard InChI is InChI=1S/C24H35NO3/c1-23(2,3)18-9-7-16(8-10-18)13-21(26)17-14-19-11-12-20(15-17)25(19)22(27)28-24(4,5)6/h7-10,17,19-20H,11-15H2,1-6H3. The van der Waals surface area contributed by atoms with Crippen molar-refractivity contribution >= 4 is 11.9 Å². The van der Waals surface area contributed by atoms with Crippen molar-refractivity contribution in [3.05, 3.63) is 35.4 Å². The molecule has 0 aliphatic carbocycles. The normalized spacial score (nSPS) is 24.9. The first-order valence-corrected chi connectivity index (χ1v) is 10.6. The summed E-state index contributed by atoms with van der Waals surface area (Å²) in [5, 5.41) is 0. The first-order valence-electron chi connectivity index (χ1n) is 10.6. The third-order valence-corrected chi connectivity index (χ3v) is 5.99. The number of carbonyl (C=O) groups is 2. The van der Waals surface area contributed by atoms with Crippen molar-refractivity contribution in [2.75, 3.05) is 0 Å². The zero-order valence-electron chi connectivity index (χ0n) is 18.2. The molecule has 4 nitrogen and oxygen atoms in total. The van der Waals surface area contributed by atoms with Gasteiger partial charge in [-0.15, -0.1) is 0 Å². The third kappa shape index (κ3) is 4.76. The maximum absolute atomic E-state index is 12.9. The molecule has 2 saturated heterocycles. The van der Waals surface area contributed by atoms with Gasteiger partial charge in [0.05, 0.1) is 0 Å². The summed E-state index contributed by atoms with van der Waals surface area (Å²) in [7, 11) is 0. The molecule has 0 aromatic heterocycles. The van der Waals surface area contributed by atoms with Gasteiger partial charge in [0.15, 0.2) is 0 Å². The number of rotatable bonds is 3. The van der Waals surface area contributed by atoms with Gasteiger partial charge in [-0.1, -0.05) is 45.0 Å². The summed E-state index contributed by atoms with van der Waals surface area (Å²) in [4.78, 5) is 27.4. The van der Waals surface area contributed by atoms with Crippen LogP contribution in [0.15, 0.2) is 24.3 Å². The lowest BCUT2D eigenvalue weighted by Crippen LogP contribution is -2.49. The van der Waals surface area contributed by atoms with Crippen molar-refractivity contribution in [2.45, 2.75) is 96.7 Å². The molecule has 2 atom stereocenters. The maximum atomic E-state index is 12.9. The summed E-state index contributed by atoms with van der Waals surface area (Å²) >= 11 is 0. The minimum absolute atomic E-state index is 0.0541. The minimum atomic E-state index is -0.484. The van der Waals surface area contributed by atoms with Crippen molar-refractivity contribution < 1.29 is 14.3 Å². The lowest BCUT2D eigenvalue weighted by molar-refractivity contribution is -0.124. The molecule has 154 valence electrons. The molecular formula is C24H35NO3. The van der Waals surface area contributed by atoms with Gasteiger partial charge in [0.25, 0.3) is 0 Å². The summed E-state index contributed by atoms with van der Waals surface area (Å²) < 4.78 is 5.59. The number of Topliss-reactive ketones (excluding diaryl/α,β-unsaturated/α-hetero) is 1. The van der Waals surface area contributed by atoms with Crippen LogP contribution in [0.3, 0.4) is 0 Å². The largest absolute Gasteiger partial charge is 0.444 e. The second-order valence-electron chi connectivity index (χ2n) is 10.5. The van der Waals surface area contributed by atoms with Crippen LogP contribution in [0.5, 0.6) is 0 Å². The SMILES string of the molecule is CC(C)(C)OC(=O)N1C2CCC1CC(C(=O)Cc1ccc(C(C)(C)C)cc1)C2. The van der Waals surface area contributed by atoms with Crippen LogP contribution < -0.4 is 0 Å². The quantitative estimate of drug-likeness (QED) is 0.712. The highest BCUT2D eigenvalue weighted by Gasteiger charge is 2.46. The molecule has 0 spiro atoms. The van der Waals surface area contributed by atoms with Gasteiger partial charge in [0.2, 0.25) is 0 Å². The van der Waals surface area contributed by atoms with E-state index in [2.05, 4.69) is 45.0 Å². The number of piperidine rings is 1. The fourth-order valence-electron chi connectivity index (χ4n) is 4.52. The average molecular weight is 386 g/mol. The molecule has 3 rings (SSSR count). The molecule has 2 aliphatic heterocycles. The summed E-state index contributed by atoms with van der Waals surface area (Å²) in [5.41, 5.74) is 2.01. The molecule has 2 aliphatic rings. The Labute approximate surface area is 169 Å². The monoisotopic (exact) mass is 385 g/mol. The molecule has 28 heavy (non-hydrogen) atoms. The summed E-state index contributed by atoms with van der Waals surface area (Å²) in [5.74, 6) is 0.364. The van der Waals surface area contributed by atoms with Gasteiger partial charge in [-0.25, -0.2) is 4.79 Å². The number of nitrogens with zero attached hydrogens (tertiary/aromatic N) is 1. The Morgan fingerprint density at radius 2 is 1.50 bits per heavy atom. The van der Waals surface area contributed by atoms with E-state index >= 15 is 0 Å². The molecular weight excluding hydrogens is 350 g/mol. The first-order chi connectivity index (χ1) is 12.9. The van der Waals surface area contributed by atoms with E-state index in [0.29, 0.717) is 12.2 Å². The van der Waals surface area contributed by atoms with Crippen molar-refractivity contribution in [1.29, 1.82) is 0 Å². The van der Waals surface area contributed by atoms with E-state index in [4.69, 9.17) is 4.74 Å². The van der Waals surface area contributed by atoms with Crippen LogP contribution in [0.25, 0.3) is 0 Å². The highest BCUT2D eigenvalue weighted by molar-refractivity contribution is 5.84. The Balaban J connectivity index is 1.61. The molecule has 1 aromatic carbocycles. The topological polar surface area (TPSA) is 46.6 Å². The molecule has 2 heterocycles. The van der Waals surface area contributed by atoms with E-state index in [0.717, 1.165) is 31.2 Å². The zero-order valence-corrected chi connectivity index (χ0v) is 18.2. The van der Waals surface area contributed by atoms with Crippen LogP contribution in [0.1, 0.15) is 78.4 Å². The minimum Gasteiger partial charge on any atom is -0.444 e. The number of carbonyl (C=O) groups excluding carboxylic acids is 2. The van der Waals surface area contributed by atoms with Crippen molar-refractivity contribution in [1.82, 2.24) is 4.90 Å². The molecule has 2 bridgehead atoms. The summed E-state index contributed by atoms with van der Waals surface area (Å²) in [6.45, 7) is 12.3. The molecule has 1 aromatic rings. The highest BCUT2D eigenvalue weighted by Crippen LogP contribution is 2.40. The Morgan fingerprint density at radius 3 is 1.96 bits per heavy atom. The van der Waals surface area contributed by atoms with Crippen molar-refractivity contribution in [3.63, 3.8) is 0 Å². The predicted octanol–water partition coefficient (Wildman–Crippen LogP) is 5.27. The molecule has 2 unspecified atom stereocenters. The Hall–Kier alpha value is -1.84. The van der Waals surface area contributed by atoms with Gasteiger partial charge in [-0.2, -0.15) is 0 Å². The number of ether oxygens (including phenoxy) is 1. The first kappa shape index (κ1) is 20.9. The van der Waals surface area contributed by atoms with E-state index in [9.17, 15) is 9.59 Å². The third-order valence-electron chi connectivity index (χ3n) is 5.99. The van der Waals surface area contributed by atoms with Crippen LogP contribution in [-0.2, 0) is 21.4 Å². The average Bonchev–Trinajstić information content (AvgIpc) is 2.83. The summed E-state index contributed by atoms with van der Waals surface area (Å²) in [6, 6.07) is 8.73. The Morgan fingerprint density at radius 1 is 0.964 bits per heavy atom. The fraction of sp³-hybridized carbons (Fsp3) is 0.667. The van der Waals surface area contributed by atoms with E-state index in [1.807, 2.05) is 25.7 Å². The lowest BCUT2D eigenvalue weighted by Gasteiger charge is -2.39. The Kier molecular flexibility index (Phi) is 5.62. The second-order valence-corrected chi connectivity index (χ2v) is 10.5. The molecule has 0 radical (unpaired) electrons. The zero-order chi connectivity index (χ0) is 20.7. The molecule has 4 heteroatoms. The highest BCUT2D eigenvalue weighted by atomic mass is 16.6. The maximum Gasteiger partial charge on any atom is 0.410 e.